The third-order valence-electron chi connectivity index (χ3n) is 6.19. The molecule has 0 saturated heterocycles. The Hall–Kier alpha value is -2.82. The minimum Gasteiger partial charge on any atom is -0.484 e. The van der Waals surface area contributed by atoms with Crippen LogP contribution in [-0.2, 0) is 16.1 Å². The number of carbonyl (C=O) groups is 2. The molecule has 1 aliphatic rings. The molecule has 2 aromatic rings. The van der Waals surface area contributed by atoms with Crippen LogP contribution in [0.1, 0.15) is 69.9 Å². The highest BCUT2D eigenvalue weighted by molar-refractivity contribution is 5.88. The number of nitrogens with one attached hydrogen (secondary N) is 1. The van der Waals surface area contributed by atoms with E-state index in [1.54, 1.807) is 4.90 Å². The molecule has 1 atom stereocenters. The first-order valence-corrected chi connectivity index (χ1v) is 11.8. The van der Waals surface area contributed by atoms with Crippen LogP contribution in [0, 0.1) is 0 Å². The molecule has 0 aliphatic heterocycles. The molecule has 0 heterocycles. The molecular formula is C27H36N2O3. The first-order valence-electron chi connectivity index (χ1n) is 11.8. The van der Waals surface area contributed by atoms with Crippen molar-refractivity contribution in [2.45, 2.75) is 77.4 Å². The number of carbonyl (C=O) groups excluding carboxylic acids is 2. The Morgan fingerprint density at radius 3 is 2.28 bits per heavy atom. The smallest absolute Gasteiger partial charge is 0.261 e. The van der Waals surface area contributed by atoms with Crippen molar-refractivity contribution < 1.29 is 14.3 Å². The van der Waals surface area contributed by atoms with Gasteiger partial charge in [-0.2, -0.15) is 0 Å². The van der Waals surface area contributed by atoms with Crippen molar-refractivity contribution in [3.8, 4) is 5.75 Å². The van der Waals surface area contributed by atoms with Crippen molar-refractivity contribution in [3.05, 3.63) is 65.7 Å². The molecule has 2 aromatic carbocycles. The average Bonchev–Trinajstić information content (AvgIpc) is 3.31. The zero-order valence-corrected chi connectivity index (χ0v) is 19.5. The van der Waals surface area contributed by atoms with E-state index in [9.17, 15) is 9.59 Å². The standard InChI is InChI=1S/C27H36N2O3/c1-4-25(27(31)28-23-12-8-9-13-23)29(18-21-10-6-5-7-11-21)26(30)19-32-24-16-14-22(15-17-24)20(2)3/h5-7,10-11,14-17,20,23,25H,4,8-9,12-13,18-19H2,1-3H3,(H,28,31)/t25-/m1/s1. The molecule has 5 heteroatoms. The first kappa shape index (κ1) is 23.8. The summed E-state index contributed by atoms with van der Waals surface area (Å²) in [6.45, 7) is 6.52. The fraction of sp³-hybridized carbons (Fsp3) is 0.481. The Balaban J connectivity index is 1.71. The van der Waals surface area contributed by atoms with E-state index >= 15 is 0 Å². The van der Waals surface area contributed by atoms with Crippen molar-refractivity contribution in [3.63, 3.8) is 0 Å². The van der Waals surface area contributed by atoms with E-state index in [2.05, 4.69) is 19.2 Å². The third-order valence-corrected chi connectivity index (χ3v) is 6.19. The van der Waals surface area contributed by atoms with Gasteiger partial charge in [-0.15, -0.1) is 0 Å². The predicted octanol–water partition coefficient (Wildman–Crippen LogP) is 5.06. The number of ether oxygens (including phenoxy) is 1. The maximum absolute atomic E-state index is 13.3. The lowest BCUT2D eigenvalue weighted by molar-refractivity contribution is -0.143. The first-order chi connectivity index (χ1) is 15.5. The van der Waals surface area contributed by atoms with Gasteiger partial charge in [0.25, 0.3) is 5.91 Å². The van der Waals surface area contributed by atoms with E-state index in [-0.39, 0.29) is 24.5 Å². The highest BCUT2D eigenvalue weighted by atomic mass is 16.5. The molecule has 32 heavy (non-hydrogen) atoms. The second-order valence-electron chi connectivity index (χ2n) is 8.93. The van der Waals surface area contributed by atoms with Gasteiger partial charge < -0.3 is 15.0 Å². The van der Waals surface area contributed by atoms with E-state index in [1.807, 2.05) is 61.5 Å². The average molecular weight is 437 g/mol. The largest absolute Gasteiger partial charge is 0.484 e. The Morgan fingerprint density at radius 2 is 1.69 bits per heavy atom. The second kappa shape index (κ2) is 11.7. The lowest BCUT2D eigenvalue weighted by Crippen LogP contribution is -2.52. The fourth-order valence-corrected chi connectivity index (χ4v) is 4.24. The van der Waals surface area contributed by atoms with E-state index in [4.69, 9.17) is 4.74 Å². The topological polar surface area (TPSA) is 58.6 Å². The minimum absolute atomic E-state index is 0.0648. The summed E-state index contributed by atoms with van der Waals surface area (Å²) in [5.74, 6) is 0.849. The van der Waals surface area contributed by atoms with Crippen molar-refractivity contribution in [1.82, 2.24) is 10.2 Å². The van der Waals surface area contributed by atoms with Crippen LogP contribution < -0.4 is 10.1 Å². The lowest BCUT2D eigenvalue weighted by atomic mass is 10.0. The van der Waals surface area contributed by atoms with Gasteiger partial charge in [0.05, 0.1) is 0 Å². The van der Waals surface area contributed by atoms with Crippen LogP contribution in [-0.4, -0.2) is 35.4 Å². The number of nitrogens with zero attached hydrogens (tertiary/aromatic N) is 1. The summed E-state index contributed by atoms with van der Waals surface area (Å²) >= 11 is 0. The fourth-order valence-electron chi connectivity index (χ4n) is 4.24. The van der Waals surface area contributed by atoms with E-state index in [0.29, 0.717) is 24.6 Å². The van der Waals surface area contributed by atoms with Crippen LogP contribution in [0.15, 0.2) is 54.6 Å². The molecule has 0 spiro atoms. The van der Waals surface area contributed by atoms with Gasteiger partial charge in [0, 0.05) is 12.6 Å². The predicted molar refractivity (Wildman–Crippen MR) is 127 cm³/mol. The van der Waals surface area contributed by atoms with Gasteiger partial charge in [-0.1, -0.05) is 76.1 Å². The van der Waals surface area contributed by atoms with Crippen LogP contribution >= 0.6 is 0 Å². The van der Waals surface area contributed by atoms with E-state index in [1.165, 1.54) is 5.56 Å². The number of rotatable bonds is 10. The molecule has 2 amide bonds. The molecule has 5 nitrogen and oxygen atoms in total. The molecule has 1 N–H and O–H groups in total. The molecule has 0 aromatic heterocycles. The Bertz CT molecular complexity index is 858. The molecule has 172 valence electrons. The molecule has 0 radical (unpaired) electrons. The summed E-state index contributed by atoms with van der Waals surface area (Å²) in [4.78, 5) is 28.0. The highest BCUT2D eigenvalue weighted by Gasteiger charge is 2.30. The summed E-state index contributed by atoms with van der Waals surface area (Å²) in [7, 11) is 0. The zero-order valence-electron chi connectivity index (χ0n) is 19.5. The molecule has 0 bridgehead atoms. The van der Waals surface area contributed by atoms with Gasteiger partial charge >= 0.3 is 0 Å². The quantitative estimate of drug-likeness (QED) is 0.567. The Morgan fingerprint density at radius 1 is 1.03 bits per heavy atom. The zero-order chi connectivity index (χ0) is 22.9. The normalized spacial score (nSPS) is 14.9. The van der Waals surface area contributed by atoms with Crippen LogP contribution in [0.3, 0.4) is 0 Å². The Labute approximate surface area is 192 Å². The van der Waals surface area contributed by atoms with Crippen LogP contribution in [0.25, 0.3) is 0 Å². The molecular weight excluding hydrogens is 400 g/mol. The summed E-state index contributed by atoms with van der Waals surface area (Å²) in [5, 5.41) is 3.17. The van der Waals surface area contributed by atoms with Gasteiger partial charge in [0.15, 0.2) is 6.61 Å². The molecule has 1 aliphatic carbocycles. The van der Waals surface area contributed by atoms with Gasteiger partial charge in [0.2, 0.25) is 5.91 Å². The van der Waals surface area contributed by atoms with Gasteiger partial charge in [-0.05, 0) is 48.4 Å². The number of amides is 2. The van der Waals surface area contributed by atoms with Crippen LogP contribution in [0.2, 0.25) is 0 Å². The van der Waals surface area contributed by atoms with E-state index < -0.39 is 6.04 Å². The van der Waals surface area contributed by atoms with Crippen molar-refractivity contribution >= 4 is 11.8 Å². The van der Waals surface area contributed by atoms with Gasteiger partial charge in [-0.25, -0.2) is 0 Å². The van der Waals surface area contributed by atoms with Gasteiger partial charge in [-0.3, -0.25) is 9.59 Å². The second-order valence-corrected chi connectivity index (χ2v) is 8.93. The Kier molecular flexibility index (Phi) is 8.72. The number of benzene rings is 2. The molecule has 1 fully saturated rings. The molecule has 3 rings (SSSR count). The molecule has 0 unspecified atom stereocenters. The third kappa shape index (κ3) is 6.59. The van der Waals surface area contributed by atoms with Crippen LogP contribution in [0.5, 0.6) is 5.75 Å². The summed E-state index contributed by atoms with van der Waals surface area (Å²) in [6, 6.07) is 17.4. The summed E-state index contributed by atoms with van der Waals surface area (Å²) < 4.78 is 5.81. The number of hydrogen-bond acceptors (Lipinski definition) is 3. The van der Waals surface area contributed by atoms with Gasteiger partial charge in [0.1, 0.15) is 11.8 Å². The summed E-state index contributed by atoms with van der Waals surface area (Å²) in [6.07, 6.45) is 4.89. The van der Waals surface area contributed by atoms with Crippen LogP contribution in [0.4, 0.5) is 0 Å². The van der Waals surface area contributed by atoms with E-state index in [0.717, 1.165) is 31.2 Å². The maximum atomic E-state index is 13.3. The SMILES string of the molecule is CC[C@H](C(=O)NC1CCCC1)N(Cc1ccccc1)C(=O)COc1ccc(C(C)C)cc1. The summed E-state index contributed by atoms with van der Waals surface area (Å²) in [5.41, 5.74) is 2.22. The van der Waals surface area contributed by atoms with Crippen molar-refractivity contribution in [2.24, 2.45) is 0 Å². The van der Waals surface area contributed by atoms with Crippen molar-refractivity contribution in [1.29, 1.82) is 0 Å². The molecule has 1 saturated carbocycles. The highest BCUT2D eigenvalue weighted by Crippen LogP contribution is 2.21. The number of hydrogen-bond donors (Lipinski definition) is 1. The maximum Gasteiger partial charge on any atom is 0.261 e. The minimum atomic E-state index is -0.518. The van der Waals surface area contributed by atoms with Crippen molar-refractivity contribution in [2.75, 3.05) is 6.61 Å². The lowest BCUT2D eigenvalue weighted by Gasteiger charge is -2.31. The monoisotopic (exact) mass is 436 g/mol.